The lowest BCUT2D eigenvalue weighted by Gasteiger charge is -2.25. The summed E-state index contributed by atoms with van der Waals surface area (Å²) in [6.45, 7) is 4.26. The largest absolute Gasteiger partial charge is 0.391 e. The molecule has 0 aliphatic heterocycles. The molecule has 1 aromatic carbocycles. The summed E-state index contributed by atoms with van der Waals surface area (Å²) in [5.41, 5.74) is 2.72. The molecule has 2 rings (SSSR count). The molecule has 1 amide bonds. The number of carbonyl (C=O) groups is 1. The van der Waals surface area contributed by atoms with Gasteiger partial charge in [-0.15, -0.1) is 0 Å². The third kappa shape index (κ3) is 3.83. The van der Waals surface area contributed by atoms with Gasteiger partial charge in [0.1, 0.15) is 0 Å². The second kappa shape index (κ2) is 6.89. The number of rotatable bonds is 5. The van der Waals surface area contributed by atoms with E-state index in [0.29, 0.717) is 18.9 Å². The molecule has 0 fully saturated rings. The molecule has 2 N–H and O–H groups in total. The van der Waals surface area contributed by atoms with E-state index in [1.54, 1.807) is 0 Å². The number of nitrogens with one attached hydrogen (secondary N) is 1. The average Bonchev–Trinajstić information content (AvgIpc) is 2.45. The van der Waals surface area contributed by atoms with Gasteiger partial charge >= 0.3 is 0 Å². The van der Waals surface area contributed by atoms with Crippen LogP contribution in [0.4, 0.5) is 0 Å². The molecule has 3 heteroatoms. The average molecular weight is 275 g/mol. The van der Waals surface area contributed by atoms with Crippen molar-refractivity contribution in [3.63, 3.8) is 0 Å². The van der Waals surface area contributed by atoms with Crippen molar-refractivity contribution in [3.8, 4) is 0 Å². The Labute approximate surface area is 121 Å². The van der Waals surface area contributed by atoms with E-state index in [0.717, 1.165) is 19.3 Å². The van der Waals surface area contributed by atoms with Crippen LogP contribution in [0.1, 0.15) is 50.2 Å². The molecule has 0 saturated carbocycles. The second-order valence-corrected chi connectivity index (χ2v) is 6.11. The van der Waals surface area contributed by atoms with E-state index in [1.165, 1.54) is 11.1 Å². The highest BCUT2D eigenvalue weighted by atomic mass is 16.3. The molecule has 3 nitrogen and oxygen atoms in total. The molecule has 0 bridgehead atoms. The first-order valence-electron chi connectivity index (χ1n) is 7.60. The fourth-order valence-corrected chi connectivity index (χ4v) is 2.82. The van der Waals surface area contributed by atoms with E-state index in [1.807, 2.05) is 13.8 Å². The van der Waals surface area contributed by atoms with Crippen molar-refractivity contribution in [2.24, 2.45) is 5.92 Å². The number of hydrogen-bond donors (Lipinski definition) is 2. The molecule has 2 atom stereocenters. The van der Waals surface area contributed by atoms with Gasteiger partial charge in [0.05, 0.1) is 6.10 Å². The van der Waals surface area contributed by atoms with E-state index in [9.17, 15) is 9.90 Å². The quantitative estimate of drug-likeness (QED) is 0.868. The van der Waals surface area contributed by atoms with Gasteiger partial charge in [0.2, 0.25) is 5.91 Å². The predicted molar refractivity (Wildman–Crippen MR) is 80.6 cm³/mol. The third-order valence-electron chi connectivity index (χ3n) is 4.20. The van der Waals surface area contributed by atoms with Crippen LogP contribution in [-0.4, -0.2) is 23.7 Å². The van der Waals surface area contributed by atoms with Crippen molar-refractivity contribution < 1.29 is 9.90 Å². The van der Waals surface area contributed by atoms with Crippen LogP contribution in [0.2, 0.25) is 0 Å². The summed E-state index contributed by atoms with van der Waals surface area (Å²) in [6.07, 6.45) is 3.43. The Bertz CT molecular complexity index is 456. The maximum absolute atomic E-state index is 12.0. The molecule has 1 aliphatic rings. The molecule has 110 valence electrons. The summed E-state index contributed by atoms with van der Waals surface area (Å²) in [5, 5.41) is 12.6. The Balaban J connectivity index is 1.89. The third-order valence-corrected chi connectivity index (χ3v) is 4.20. The molecule has 2 unspecified atom stereocenters. The first-order valence-corrected chi connectivity index (χ1v) is 7.60. The van der Waals surface area contributed by atoms with Gasteiger partial charge in [-0.25, -0.2) is 0 Å². The van der Waals surface area contributed by atoms with E-state index >= 15 is 0 Å². The van der Waals surface area contributed by atoms with Crippen LogP contribution in [0.25, 0.3) is 0 Å². The monoisotopic (exact) mass is 275 g/mol. The Hall–Kier alpha value is -1.35. The van der Waals surface area contributed by atoms with Crippen LogP contribution in [0.5, 0.6) is 0 Å². The van der Waals surface area contributed by atoms with E-state index in [2.05, 4.69) is 29.6 Å². The molecule has 0 aromatic heterocycles. The van der Waals surface area contributed by atoms with Crippen molar-refractivity contribution in [2.75, 3.05) is 6.54 Å². The van der Waals surface area contributed by atoms with Crippen molar-refractivity contribution in [2.45, 2.75) is 51.6 Å². The number of aliphatic hydroxyl groups excluding tert-OH is 1. The Kier molecular flexibility index (Phi) is 5.18. The lowest BCUT2D eigenvalue weighted by molar-refractivity contribution is -0.122. The fourth-order valence-electron chi connectivity index (χ4n) is 2.82. The van der Waals surface area contributed by atoms with Gasteiger partial charge in [0.25, 0.3) is 0 Å². The summed E-state index contributed by atoms with van der Waals surface area (Å²) in [6, 6.07) is 8.44. The first-order chi connectivity index (χ1) is 9.58. The molecular formula is C17H25NO2. The van der Waals surface area contributed by atoms with Crippen LogP contribution >= 0.6 is 0 Å². The zero-order valence-corrected chi connectivity index (χ0v) is 12.4. The predicted octanol–water partition coefficient (Wildman–Crippen LogP) is 2.63. The lowest BCUT2D eigenvalue weighted by atomic mass is 9.81. The second-order valence-electron chi connectivity index (χ2n) is 6.11. The normalized spacial score (nSPS) is 19.5. The molecule has 20 heavy (non-hydrogen) atoms. The standard InChI is InChI=1S/C17H25NO2/c1-12(2)16(19)11-18-17(20)10-14-8-5-7-13-6-3-4-9-15(13)14/h3-4,6,9,12,14,16,19H,5,7-8,10-11H2,1-2H3,(H,18,20). The molecule has 0 saturated heterocycles. The van der Waals surface area contributed by atoms with Crippen LogP contribution in [-0.2, 0) is 11.2 Å². The molecule has 1 aromatic rings. The Morgan fingerprint density at radius 1 is 1.40 bits per heavy atom. The van der Waals surface area contributed by atoms with Gasteiger partial charge in [0.15, 0.2) is 0 Å². The van der Waals surface area contributed by atoms with Crippen molar-refractivity contribution in [3.05, 3.63) is 35.4 Å². The van der Waals surface area contributed by atoms with Crippen LogP contribution in [0.3, 0.4) is 0 Å². The Morgan fingerprint density at radius 3 is 2.90 bits per heavy atom. The number of aryl methyl sites for hydroxylation is 1. The van der Waals surface area contributed by atoms with Gasteiger partial charge in [-0.2, -0.15) is 0 Å². The molecule has 1 aliphatic carbocycles. The maximum atomic E-state index is 12.0. The number of amides is 1. The summed E-state index contributed by atoms with van der Waals surface area (Å²) in [7, 11) is 0. The number of fused-ring (bicyclic) bond motifs is 1. The van der Waals surface area contributed by atoms with Gasteiger partial charge in [0, 0.05) is 13.0 Å². The number of hydrogen-bond acceptors (Lipinski definition) is 2. The smallest absolute Gasteiger partial charge is 0.220 e. The minimum Gasteiger partial charge on any atom is -0.391 e. The molecule has 0 spiro atoms. The summed E-state index contributed by atoms with van der Waals surface area (Å²) >= 11 is 0. The van der Waals surface area contributed by atoms with Crippen LogP contribution in [0.15, 0.2) is 24.3 Å². The van der Waals surface area contributed by atoms with E-state index < -0.39 is 6.10 Å². The molecule has 0 heterocycles. The fraction of sp³-hybridized carbons (Fsp3) is 0.588. The highest BCUT2D eigenvalue weighted by molar-refractivity contribution is 5.77. The zero-order chi connectivity index (χ0) is 14.5. The maximum Gasteiger partial charge on any atom is 0.220 e. The van der Waals surface area contributed by atoms with E-state index in [4.69, 9.17) is 0 Å². The number of carbonyl (C=O) groups excluding carboxylic acids is 1. The van der Waals surface area contributed by atoms with Crippen molar-refractivity contribution in [1.82, 2.24) is 5.32 Å². The van der Waals surface area contributed by atoms with Crippen molar-refractivity contribution >= 4 is 5.91 Å². The minimum absolute atomic E-state index is 0.0476. The van der Waals surface area contributed by atoms with Gasteiger partial charge in [-0.3, -0.25) is 4.79 Å². The minimum atomic E-state index is -0.461. The summed E-state index contributed by atoms with van der Waals surface area (Å²) < 4.78 is 0. The van der Waals surface area contributed by atoms with E-state index in [-0.39, 0.29) is 11.8 Å². The summed E-state index contributed by atoms with van der Waals surface area (Å²) in [5.74, 6) is 0.549. The van der Waals surface area contributed by atoms with Crippen LogP contribution < -0.4 is 5.32 Å². The first kappa shape index (κ1) is 15.0. The SMILES string of the molecule is CC(C)C(O)CNC(=O)CC1CCCc2ccccc21. The van der Waals surface area contributed by atoms with Gasteiger partial charge in [-0.05, 0) is 42.2 Å². The number of benzene rings is 1. The number of aliphatic hydroxyl groups is 1. The summed E-state index contributed by atoms with van der Waals surface area (Å²) in [4.78, 5) is 12.0. The highest BCUT2D eigenvalue weighted by Crippen LogP contribution is 2.33. The Morgan fingerprint density at radius 2 is 2.15 bits per heavy atom. The zero-order valence-electron chi connectivity index (χ0n) is 12.4. The topological polar surface area (TPSA) is 49.3 Å². The van der Waals surface area contributed by atoms with Gasteiger partial charge in [-0.1, -0.05) is 38.1 Å². The van der Waals surface area contributed by atoms with Crippen LogP contribution in [0, 0.1) is 5.92 Å². The molecular weight excluding hydrogens is 250 g/mol. The lowest BCUT2D eigenvalue weighted by Crippen LogP contribution is -2.35. The highest BCUT2D eigenvalue weighted by Gasteiger charge is 2.22. The van der Waals surface area contributed by atoms with Crippen molar-refractivity contribution in [1.29, 1.82) is 0 Å². The molecule has 0 radical (unpaired) electrons. The van der Waals surface area contributed by atoms with Gasteiger partial charge < -0.3 is 10.4 Å².